The van der Waals surface area contributed by atoms with Crippen molar-refractivity contribution in [3.8, 4) is 5.75 Å². The largest absolute Gasteiger partial charge is 0.484 e. The molecule has 2 heterocycles. The first-order valence-electron chi connectivity index (χ1n) is 10.5. The summed E-state index contributed by atoms with van der Waals surface area (Å²) in [5.74, 6) is -0.955. The van der Waals surface area contributed by atoms with Gasteiger partial charge >= 0.3 is 0 Å². The van der Waals surface area contributed by atoms with Crippen molar-refractivity contribution < 1.29 is 27.1 Å². The minimum atomic E-state index is -4.11. The number of carbonyl (C=O) groups is 2. The van der Waals surface area contributed by atoms with E-state index in [4.69, 9.17) is 4.74 Å². The number of nitrogens with zero attached hydrogens (tertiary/aromatic N) is 1. The fourth-order valence-electron chi connectivity index (χ4n) is 4.24. The average molecular weight is 461 g/mol. The van der Waals surface area contributed by atoms with Gasteiger partial charge in [0, 0.05) is 13.0 Å². The van der Waals surface area contributed by atoms with E-state index >= 15 is 0 Å². The number of para-hydroxylation sites is 1. The molecule has 0 saturated carbocycles. The number of benzene rings is 2. The Balaban J connectivity index is 1.52. The SMILES string of the molecule is CC(C)C(NS(=O)(=O)c1cccc(F)c1)C(=O)N1CCC2(CC(=O)c3ccccc3O2)C1. The van der Waals surface area contributed by atoms with Crippen LogP contribution < -0.4 is 9.46 Å². The highest BCUT2D eigenvalue weighted by Gasteiger charge is 2.48. The molecule has 0 aromatic heterocycles. The van der Waals surface area contributed by atoms with Crippen molar-refractivity contribution in [2.45, 2.75) is 43.2 Å². The van der Waals surface area contributed by atoms with Gasteiger partial charge in [-0.25, -0.2) is 12.8 Å². The maximum atomic E-state index is 13.5. The van der Waals surface area contributed by atoms with Crippen LogP contribution in [-0.4, -0.2) is 49.7 Å². The predicted molar refractivity (Wildman–Crippen MR) is 115 cm³/mol. The van der Waals surface area contributed by atoms with Crippen LogP contribution in [0.25, 0.3) is 0 Å². The number of hydrogen-bond donors (Lipinski definition) is 1. The molecule has 2 aliphatic heterocycles. The van der Waals surface area contributed by atoms with E-state index in [1.165, 1.54) is 12.1 Å². The summed E-state index contributed by atoms with van der Waals surface area (Å²) in [6.45, 7) is 4.01. The Hall–Kier alpha value is -2.78. The molecule has 0 aliphatic carbocycles. The standard InChI is InChI=1S/C23H25FN2O5S/c1-15(2)21(25-32(29,30)17-7-5-6-16(24)12-17)22(28)26-11-10-23(14-26)13-19(27)18-8-3-4-9-20(18)31-23/h3-9,12,15,21,25H,10-11,13-14H2,1-2H3. The number of halogens is 1. The molecule has 170 valence electrons. The van der Waals surface area contributed by atoms with E-state index in [0.717, 1.165) is 12.1 Å². The van der Waals surface area contributed by atoms with Gasteiger partial charge in [0.2, 0.25) is 15.9 Å². The van der Waals surface area contributed by atoms with E-state index in [-0.39, 0.29) is 29.6 Å². The third-order valence-electron chi connectivity index (χ3n) is 5.95. The summed E-state index contributed by atoms with van der Waals surface area (Å²) < 4.78 is 47.7. The molecule has 1 fully saturated rings. The van der Waals surface area contributed by atoms with Gasteiger partial charge in [-0.1, -0.05) is 32.0 Å². The minimum Gasteiger partial charge on any atom is -0.484 e. The van der Waals surface area contributed by atoms with E-state index in [9.17, 15) is 22.4 Å². The molecule has 1 amide bonds. The lowest BCUT2D eigenvalue weighted by Gasteiger charge is -2.35. The second-order valence-corrected chi connectivity index (χ2v) is 10.4. The summed E-state index contributed by atoms with van der Waals surface area (Å²) in [5, 5.41) is 0. The zero-order chi connectivity index (χ0) is 23.1. The molecule has 9 heteroatoms. The normalized spacial score (nSPS) is 21.5. The van der Waals surface area contributed by atoms with Crippen molar-refractivity contribution in [2.24, 2.45) is 5.92 Å². The molecule has 32 heavy (non-hydrogen) atoms. The highest BCUT2D eigenvalue weighted by molar-refractivity contribution is 7.89. The van der Waals surface area contributed by atoms with Crippen LogP contribution in [0, 0.1) is 11.7 Å². The molecule has 2 aliphatic rings. The second-order valence-electron chi connectivity index (χ2n) is 8.69. The van der Waals surface area contributed by atoms with Crippen LogP contribution in [0.4, 0.5) is 4.39 Å². The smallest absolute Gasteiger partial charge is 0.241 e. The second kappa shape index (κ2) is 8.29. The first-order valence-corrected chi connectivity index (χ1v) is 12.0. The Morgan fingerprint density at radius 2 is 1.94 bits per heavy atom. The van der Waals surface area contributed by atoms with Gasteiger partial charge in [-0.15, -0.1) is 0 Å². The summed E-state index contributed by atoms with van der Waals surface area (Å²) in [5.41, 5.74) is -0.282. The fourth-order valence-corrected chi connectivity index (χ4v) is 5.61. The molecule has 2 unspecified atom stereocenters. The van der Waals surface area contributed by atoms with E-state index < -0.39 is 33.4 Å². The Labute approximate surface area is 186 Å². The Morgan fingerprint density at radius 3 is 2.66 bits per heavy atom. The van der Waals surface area contributed by atoms with Crippen molar-refractivity contribution in [2.75, 3.05) is 13.1 Å². The number of ketones is 1. The average Bonchev–Trinajstić information content (AvgIpc) is 3.14. The molecular weight excluding hydrogens is 435 g/mol. The summed E-state index contributed by atoms with van der Waals surface area (Å²) in [4.78, 5) is 27.2. The van der Waals surface area contributed by atoms with Crippen LogP contribution in [0.15, 0.2) is 53.4 Å². The highest BCUT2D eigenvalue weighted by Crippen LogP contribution is 2.38. The molecule has 4 rings (SSSR count). The number of rotatable bonds is 5. The predicted octanol–water partition coefficient (Wildman–Crippen LogP) is 2.77. The van der Waals surface area contributed by atoms with Gasteiger partial charge in [0.05, 0.1) is 23.4 Å². The summed E-state index contributed by atoms with van der Waals surface area (Å²) in [6, 6.07) is 10.6. The quantitative estimate of drug-likeness (QED) is 0.741. The topological polar surface area (TPSA) is 92.8 Å². The van der Waals surface area contributed by atoms with Crippen molar-refractivity contribution in [3.05, 3.63) is 59.9 Å². The molecule has 2 aromatic carbocycles. The molecule has 1 saturated heterocycles. The van der Waals surface area contributed by atoms with Crippen molar-refractivity contribution in [3.63, 3.8) is 0 Å². The van der Waals surface area contributed by atoms with E-state index in [1.807, 2.05) is 0 Å². The lowest BCUT2D eigenvalue weighted by atomic mass is 9.89. The number of Topliss-reactive ketones (excluding diaryl/α,β-unsaturated/α-hetero) is 1. The maximum Gasteiger partial charge on any atom is 0.241 e. The zero-order valence-electron chi connectivity index (χ0n) is 17.9. The van der Waals surface area contributed by atoms with Crippen molar-refractivity contribution in [1.29, 1.82) is 0 Å². The maximum absolute atomic E-state index is 13.5. The number of amides is 1. The Kier molecular flexibility index (Phi) is 5.81. The van der Waals surface area contributed by atoms with E-state index in [2.05, 4.69) is 4.72 Å². The van der Waals surface area contributed by atoms with Gasteiger partial charge in [0.25, 0.3) is 0 Å². The monoisotopic (exact) mass is 460 g/mol. The van der Waals surface area contributed by atoms with Crippen LogP contribution in [-0.2, 0) is 14.8 Å². The number of hydrogen-bond acceptors (Lipinski definition) is 5. The number of ether oxygens (including phenoxy) is 1. The lowest BCUT2D eigenvalue weighted by molar-refractivity contribution is -0.133. The van der Waals surface area contributed by atoms with Gasteiger partial charge in [-0.3, -0.25) is 9.59 Å². The first kappa shape index (κ1) is 22.4. The third-order valence-corrected chi connectivity index (χ3v) is 7.38. The number of likely N-dealkylation sites (tertiary alicyclic amines) is 1. The van der Waals surface area contributed by atoms with Crippen LogP contribution in [0.1, 0.15) is 37.0 Å². The van der Waals surface area contributed by atoms with Gasteiger partial charge < -0.3 is 9.64 Å². The van der Waals surface area contributed by atoms with Crippen LogP contribution in [0.3, 0.4) is 0 Å². The lowest BCUT2D eigenvalue weighted by Crippen LogP contribution is -2.52. The van der Waals surface area contributed by atoms with Gasteiger partial charge in [-0.2, -0.15) is 4.72 Å². The summed E-state index contributed by atoms with van der Waals surface area (Å²) in [6.07, 6.45) is 0.634. The fraction of sp³-hybridized carbons (Fsp3) is 0.391. The molecule has 0 radical (unpaired) electrons. The number of carbonyl (C=O) groups excluding carboxylic acids is 2. The molecule has 2 atom stereocenters. The summed E-state index contributed by atoms with van der Waals surface area (Å²) >= 11 is 0. The van der Waals surface area contributed by atoms with E-state index in [1.54, 1.807) is 43.0 Å². The molecule has 2 aromatic rings. The van der Waals surface area contributed by atoms with Gasteiger partial charge in [0.15, 0.2) is 5.78 Å². The number of fused-ring (bicyclic) bond motifs is 1. The van der Waals surface area contributed by atoms with Crippen LogP contribution >= 0.6 is 0 Å². The Bertz CT molecular complexity index is 1170. The first-order chi connectivity index (χ1) is 15.1. The zero-order valence-corrected chi connectivity index (χ0v) is 18.7. The van der Waals surface area contributed by atoms with Crippen molar-refractivity contribution in [1.82, 2.24) is 9.62 Å². The molecule has 1 N–H and O–H groups in total. The molecule has 0 bridgehead atoms. The van der Waals surface area contributed by atoms with E-state index in [0.29, 0.717) is 24.3 Å². The van der Waals surface area contributed by atoms with Gasteiger partial charge in [0.1, 0.15) is 23.2 Å². The number of sulfonamides is 1. The van der Waals surface area contributed by atoms with Crippen molar-refractivity contribution >= 4 is 21.7 Å². The molecular formula is C23H25FN2O5S. The Morgan fingerprint density at radius 1 is 1.19 bits per heavy atom. The minimum absolute atomic E-state index is 0.0339. The molecule has 7 nitrogen and oxygen atoms in total. The van der Waals surface area contributed by atoms with Crippen LogP contribution in [0.2, 0.25) is 0 Å². The molecule has 1 spiro atoms. The third kappa shape index (κ3) is 4.27. The summed E-state index contributed by atoms with van der Waals surface area (Å²) in [7, 11) is -4.11. The highest BCUT2D eigenvalue weighted by atomic mass is 32.2. The number of nitrogens with one attached hydrogen (secondary N) is 1. The van der Waals surface area contributed by atoms with Gasteiger partial charge in [-0.05, 0) is 36.2 Å². The van der Waals surface area contributed by atoms with Crippen LogP contribution in [0.5, 0.6) is 5.75 Å².